The van der Waals surface area contributed by atoms with Gasteiger partial charge in [0.15, 0.2) is 0 Å². The topological polar surface area (TPSA) is 251 Å². The molecule has 14 nitrogen and oxygen atoms in total. The number of nitrogens with one attached hydrogen (secondary N) is 3. The molecule has 14 heteroatoms. The third-order valence-electron chi connectivity index (χ3n) is 5.94. The number of benzene rings is 2. The fraction of sp³-hybridized carbons (Fsp3) is 0.333. The van der Waals surface area contributed by atoms with E-state index in [0.29, 0.717) is 11.1 Å². The molecule has 4 atom stereocenters. The van der Waals surface area contributed by atoms with Crippen molar-refractivity contribution in [1.29, 1.82) is 0 Å². The van der Waals surface area contributed by atoms with Crippen LogP contribution < -0.4 is 27.4 Å². The van der Waals surface area contributed by atoms with E-state index in [1.165, 1.54) is 24.3 Å². The molecule has 0 fully saturated rings. The lowest BCUT2D eigenvalue weighted by molar-refractivity contribution is -0.143. The van der Waals surface area contributed by atoms with E-state index in [0.717, 1.165) is 0 Å². The number of nitrogens with two attached hydrogens (primary N) is 2. The van der Waals surface area contributed by atoms with E-state index >= 15 is 0 Å². The summed E-state index contributed by atoms with van der Waals surface area (Å²) in [5.74, 6) is -6.13. The first kappa shape index (κ1) is 32.2. The zero-order valence-corrected chi connectivity index (χ0v) is 22.0. The second kappa shape index (κ2) is 15.6. The first-order valence-electron chi connectivity index (χ1n) is 12.6. The van der Waals surface area contributed by atoms with Crippen LogP contribution in [-0.4, -0.2) is 75.1 Å². The summed E-state index contributed by atoms with van der Waals surface area (Å²) < 4.78 is 0. The number of primary amides is 1. The molecule has 4 amide bonds. The smallest absolute Gasteiger partial charge is 0.326 e. The van der Waals surface area contributed by atoms with E-state index in [1.54, 1.807) is 30.3 Å². The van der Waals surface area contributed by atoms with Gasteiger partial charge in [0.05, 0.1) is 12.5 Å². The predicted octanol–water partition coefficient (Wildman–Crippen LogP) is -1.22. The number of carbonyl (C=O) groups is 6. The summed E-state index contributed by atoms with van der Waals surface area (Å²) in [6.45, 7) is 0. The van der Waals surface area contributed by atoms with Gasteiger partial charge in [-0.05, 0) is 29.7 Å². The quantitative estimate of drug-likeness (QED) is 0.119. The second-order valence-corrected chi connectivity index (χ2v) is 9.29. The SMILES string of the molecule is NC(=O)CC(N)C(=O)NC(Cc1ccc(O)cc1)C(=O)NC(Cc1ccccc1)C(=O)NC(CCC(=O)O)C(=O)O. The Kier molecular flexibility index (Phi) is 12.2. The highest BCUT2D eigenvalue weighted by Crippen LogP contribution is 2.13. The number of hydrogen-bond acceptors (Lipinski definition) is 8. The molecule has 2 aromatic rings. The highest BCUT2D eigenvalue weighted by Gasteiger charge is 2.31. The zero-order valence-electron chi connectivity index (χ0n) is 22.0. The molecule has 0 spiro atoms. The number of aliphatic carboxylic acids is 2. The van der Waals surface area contributed by atoms with Gasteiger partial charge in [-0.25, -0.2) is 4.79 Å². The van der Waals surface area contributed by atoms with Gasteiger partial charge in [-0.2, -0.15) is 0 Å². The highest BCUT2D eigenvalue weighted by molar-refractivity contribution is 5.95. The van der Waals surface area contributed by atoms with Crippen LogP contribution >= 0.6 is 0 Å². The zero-order chi connectivity index (χ0) is 30.5. The lowest BCUT2D eigenvalue weighted by atomic mass is 10.0. The number of carbonyl (C=O) groups excluding carboxylic acids is 4. The Morgan fingerprint density at radius 1 is 0.707 bits per heavy atom. The number of hydrogen-bond donors (Lipinski definition) is 8. The number of carboxylic acids is 2. The van der Waals surface area contributed by atoms with Crippen LogP contribution in [-0.2, 0) is 41.6 Å². The van der Waals surface area contributed by atoms with Crippen LogP contribution in [0.15, 0.2) is 54.6 Å². The van der Waals surface area contributed by atoms with Crippen molar-refractivity contribution in [2.45, 2.75) is 56.3 Å². The van der Waals surface area contributed by atoms with Gasteiger partial charge in [0.25, 0.3) is 0 Å². The minimum atomic E-state index is -1.53. The average molecular weight is 572 g/mol. The molecular formula is C27H33N5O9. The molecular weight excluding hydrogens is 538 g/mol. The van der Waals surface area contributed by atoms with Crippen molar-refractivity contribution in [2.75, 3.05) is 0 Å². The van der Waals surface area contributed by atoms with Crippen LogP contribution in [0.5, 0.6) is 5.75 Å². The Morgan fingerprint density at radius 3 is 1.68 bits per heavy atom. The molecule has 0 aliphatic rings. The van der Waals surface area contributed by atoms with E-state index in [-0.39, 0.29) is 25.0 Å². The van der Waals surface area contributed by atoms with Gasteiger partial charge in [-0.1, -0.05) is 42.5 Å². The number of phenolic OH excluding ortho intramolecular Hbond substituents is 1. The summed E-state index contributed by atoms with van der Waals surface area (Å²) in [6, 6.07) is 8.77. The summed E-state index contributed by atoms with van der Waals surface area (Å²) in [4.78, 5) is 73.1. The first-order chi connectivity index (χ1) is 19.3. The summed E-state index contributed by atoms with van der Waals surface area (Å²) in [7, 11) is 0. The Bertz CT molecular complexity index is 1240. The van der Waals surface area contributed by atoms with Gasteiger partial charge in [0.2, 0.25) is 23.6 Å². The van der Waals surface area contributed by atoms with Gasteiger partial charge in [0, 0.05) is 19.3 Å². The fourth-order valence-electron chi connectivity index (χ4n) is 3.79. The largest absolute Gasteiger partial charge is 0.508 e. The molecule has 0 saturated carbocycles. The molecule has 10 N–H and O–H groups in total. The molecule has 0 radical (unpaired) electrons. The second-order valence-electron chi connectivity index (χ2n) is 9.29. The molecule has 0 aliphatic heterocycles. The summed E-state index contributed by atoms with van der Waals surface area (Å²) >= 11 is 0. The average Bonchev–Trinajstić information content (AvgIpc) is 2.91. The fourth-order valence-corrected chi connectivity index (χ4v) is 3.79. The number of amides is 4. The number of phenols is 1. The van der Waals surface area contributed by atoms with Crippen molar-refractivity contribution < 1.29 is 44.1 Å². The summed E-state index contributed by atoms with van der Waals surface area (Å²) in [5.41, 5.74) is 12.0. The molecule has 4 unspecified atom stereocenters. The Morgan fingerprint density at radius 2 is 1.20 bits per heavy atom. The highest BCUT2D eigenvalue weighted by atomic mass is 16.4. The van der Waals surface area contributed by atoms with Crippen LogP contribution in [0, 0.1) is 0 Å². The van der Waals surface area contributed by atoms with Crippen LogP contribution in [0.25, 0.3) is 0 Å². The lowest BCUT2D eigenvalue weighted by Gasteiger charge is -2.25. The number of carboxylic acid groups (broad SMARTS) is 2. The number of rotatable bonds is 16. The van der Waals surface area contributed by atoms with Crippen molar-refractivity contribution in [1.82, 2.24) is 16.0 Å². The van der Waals surface area contributed by atoms with Gasteiger partial charge in [-0.15, -0.1) is 0 Å². The Balaban J connectivity index is 2.32. The standard InChI is InChI=1S/C27H33N5O9/c28-18(14-22(29)34)24(37)31-20(13-16-6-8-17(33)9-7-16)26(39)32-21(12-15-4-2-1-3-5-15)25(38)30-19(27(40)41)10-11-23(35)36/h1-9,18-21,33H,10-14,28H2,(H2,29,34)(H,30,38)(H,31,37)(H,32,39)(H,35,36)(H,40,41). The molecule has 2 aromatic carbocycles. The van der Waals surface area contributed by atoms with Gasteiger partial charge in [0.1, 0.15) is 23.9 Å². The normalized spacial score (nSPS) is 13.6. The van der Waals surface area contributed by atoms with Gasteiger partial charge >= 0.3 is 11.9 Å². The monoisotopic (exact) mass is 571 g/mol. The Hall–Kier alpha value is -4.98. The minimum Gasteiger partial charge on any atom is -0.508 e. The minimum absolute atomic E-state index is 0.0299. The first-order valence-corrected chi connectivity index (χ1v) is 12.6. The van der Waals surface area contributed by atoms with E-state index in [9.17, 15) is 39.0 Å². The van der Waals surface area contributed by atoms with Crippen molar-refractivity contribution >= 4 is 35.6 Å². The Labute approximate surface area is 235 Å². The van der Waals surface area contributed by atoms with Gasteiger partial charge in [-0.3, -0.25) is 24.0 Å². The van der Waals surface area contributed by atoms with Crippen molar-refractivity contribution in [3.05, 3.63) is 65.7 Å². The van der Waals surface area contributed by atoms with E-state index in [4.69, 9.17) is 16.6 Å². The molecule has 2 rings (SSSR count). The van der Waals surface area contributed by atoms with Gasteiger partial charge < -0.3 is 42.7 Å². The van der Waals surface area contributed by atoms with Crippen LogP contribution in [0.3, 0.4) is 0 Å². The third kappa shape index (κ3) is 11.3. The molecule has 0 aromatic heterocycles. The molecule has 41 heavy (non-hydrogen) atoms. The van der Waals surface area contributed by atoms with Crippen LogP contribution in [0.4, 0.5) is 0 Å². The van der Waals surface area contributed by atoms with Crippen molar-refractivity contribution in [3.8, 4) is 5.75 Å². The molecule has 0 aliphatic carbocycles. The van der Waals surface area contributed by atoms with E-state index < -0.39 is 72.6 Å². The molecule has 0 saturated heterocycles. The van der Waals surface area contributed by atoms with E-state index in [2.05, 4.69) is 16.0 Å². The summed E-state index contributed by atoms with van der Waals surface area (Å²) in [6.07, 6.45) is -1.55. The van der Waals surface area contributed by atoms with Crippen molar-refractivity contribution in [2.24, 2.45) is 11.5 Å². The molecule has 0 bridgehead atoms. The molecule has 220 valence electrons. The number of aromatic hydroxyl groups is 1. The predicted molar refractivity (Wildman–Crippen MR) is 144 cm³/mol. The molecule has 0 heterocycles. The maximum Gasteiger partial charge on any atom is 0.326 e. The lowest BCUT2D eigenvalue weighted by Crippen LogP contribution is -2.58. The van der Waals surface area contributed by atoms with E-state index in [1.807, 2.05) is 0 Å². The van der Waals surface area contributed by atoms with Crippen LogP contribution in [0.1, 0.15) is 30.4 Å². The maximum absolute atomic E-state index is 13.5. The summed E-state index contributed by atoms with van der Waals surface area (Å²) in [5, 5.41) is 35.2. The third-order valence-corrected chi connectivity index (χ3v) is 5.94. The van der Waals surface area contributed by atoms with Crippen LogP contribution in [0.2, 0.25) is 0 Å². The maximum atomic E-state index is 13.5. The van der Waals surface area contributed by atoms with Crippen molar-refractivity contribution in [3.63, 3.8) is 0 Å².